The number of benzene rings is 1. The molecule has 1 aromatic heterocycles. The van der Waals surface area contributed by atoms with Gasteiger partial charge in [-0.15, -0.1) is 5.10 Å². The van der Waals surface area contributed by atoms with Gasteiger partial charge in [0.05, 0.1) is 17.7 Å². The fraction of sp³-hybridized carbons (Fsp3) is 0.333. The van der Waals surface area contributed by atoms with Crippen LogP contribution in [0.15, 0.2) is 35.4 Å². The summed E-state index contributed by atoms with van der Waals surface area (Å²) in [6.45, 7) is 3.44. The third-order valence-electron chi connectivity index (χ3n) is 2.49. The predicted molar refractivity (Wildman–Crippen MR) is 75.6 cm³/mol. The Labute approximate surface area is 122 Å². The molecule has 2 rings (SSSR count). The van der Waals surface area contributed by atoms with Gasteiger partial charge in [-0.3, -0.25) is 4.72 Å². The first-order valence-electron chi connectivity index (χ1n) is 6.31. The van der Waals surface area contributed by atoms with Crippen molar-refractivity contribution in [3.8, 4) is 5.75 Å². The molecule has 0 bridgehead atoms. The molecule has 0 radical (unpaired) electrons. The summed E-state index contributed by atoms with van der Waals surface area (Å²) in [6, 6.07) is 6.09. The first kappa shape index (κ1) is 15.3. The quantitative estimate of drug-likeness (QED) is 0.705. The molecule has 0 aliphatic carbocycles. The van der Waals surface area contributed by atoms with Crippen LogP contribution in [-0.4, -0.2) is 43.6 Å². The standard InChI is InChI=1S/C12H16N4O4S/c1-2-19-7-8-20-10-3-5-11(6-4-10)21(17,18)15-12-9-13-16-14-12/h3-6,9H,2,7-8H2,1H3,(H2,13,14,15,16). The van der Waals surface area contributed by atoms with Crippen LogP contribution >= 0.6 is 0 Å². The lowest BCUT2D eigenvalue weighted by atomic mass is 10.3. The summed E-state index contributed by atoms with van der Waals surface area (Å²) in [4.78, 5) is 0.114. The number of aromatic amines is 1. The highest BCUT2D eigenvalue weighted by molar-refractivity contribution is 7.92. The highest BCUT2D eigenvalue weighted by Crippen LogP contribution is 2.17. The molecule has 0 atom stereocenters. The Morgan fingerprint density at radius 1 is 1.24 bits per heavy atom. The Morgan fingerprint density at radius 2 is 2.00 bits per heavy atom. The molecule has 0 amide bonds. The zero-order valence-corrected chi connectivity index (χ0v) is 12.3. The van der Waals surface area contributed by atoms with Gasteiger partial charge in [0.1, 0.15) is 12.4 Å². The van der Waals surface area contributed by atoms with Crippen LogP contribution in [0.25, 0.3) is 0 Å². The van der Waals surface area contributed by atoms with Gasteiger partial charge in [0.15, 0.2) is 5.82 Å². The lowest BCUT2D eigenvalue weighted by Gasteiger charge is -2.08. The lowest BCUT2D eigenvalue weighted by molar-refractivity contribution is 0.110. The van der Waals surface area contributed by atoms with Gasteiger partial charge in [0, 0.05) is 6.61 Å². The van der Waals surface area contributed by atoms with E-state index in [1.807, 2.05) is 6.92 Å². The molecule has 0 saturated carbocycles. The number of aromatic nitrogens is 3. The van der Waals surface area contributed by atoms with Crippen LogP contribution in [0.1, 0.15) is 6.92 Å². The minimum Gasteiger partial charge on any atom is -0.491 e. The largest absolute Gasteiger partial charge is 0.491 e. The van der Waals surface area contributed by atoms with Crippen LogP contribution in [0.3, 0.4) is 0 Å². The minimum absolute atomic E-state index is 0.114. The zero-order valence-electron chi connectivity index (χ0n) is 11.4. The molecule has 0 spiro atoms. The van der Waals surface area contributed by atoms with E-state index in [0.717, 1.165) is 0 Å². The SMILES string of the molecule is CCOCCOc1ccc(S(=O)(=O)Nc2cn[nH]n2)cc1. The van der Waals surface area contributed by atoms with E-state index in [2.05, 4.69) is 20.1 Å². The van der Waals surface area contributed by atoms with Crippen molar-refractivity contribution in [1.29, 1.82) is 0 Å². The molecular formula is C12H16N4O4S. The number of hydrogen-bond acceptors (Lipinski definition) is 6. The van der Waals surface area contributed by atoms with Crippen molar-refractivity contribution in [2.45, 2.75) is 11.8 Å². The van der Waals surface area contributed by atoms with E-state index in [1.54, 1.807) is 12.1 Å². The summed E-state index contributed by atoms with van der Waals surface area (Å²) >= 11 is 0. The molecule has 0 fully saturated rings. The molecule has 114 valence electrons. The van der Waals surface area contributed by atoms with Gasteiger partial charge in [0.2, 0.25) is 0 Å². The van der Waals surface area contributed by atoms with E-state index < -0.39 is 10.0 Å². The third kappa shape index (κ3) is 4.43. The van der Waals surface area contributed by atoms with Crippen molar-refractivity contribution in [3.05, 3.63) is 30.5 Å². The van der Waals surface area contributed by atoms with E-state index in [9.17, 15) is 8.42 Å². The van der Waals surface area contributed by atoms with Crippen molar-refractivity contribution in [1.82, 2.24) is 15.4 Å². The van der Waals surface area contributed by atoms with Crippen LogP contribution in [0.4, 0.5) is 5.82 Å². The number of nitrogens with one attached hydrogen (secondary N) is 2. The Hall–Kier alpha value is -2.13. The average Bonchev–Trinajstić information content (AvgIpc) is 2.96. The third-order valence-corrected chi connectivity index (χ3v) is 3.86. The highest BCUT2D eigenvalue weighted by Gasteiger charge is 2.15. The van der Waals surface area contributed by atoms with Crippen LogP contribution < -0.4 is 9.46 Å². The van der Waals surface area contributed by atoms with E-state index >= 15 is 0 Å². The van der Waals surface area contributed by atoms with Gasteiger partial charge in [-0.1, -0.05) is 0 Å². The summed E-state index contributed by atoms with van der Waals surface area (Å²) in [6.07, 6.45) is 1.28. The summed E-state index contributed by atoms with van der Waals surface area (Å²) < 4.78 is 37.0. The van der Waals surface area contributed by atoms with E-state index in [1.165, 1.54) is 18.3 Å². The smallest absolute Gasteiger partial charge is 0.263 e. The van der Waals surface area contributed by atoms with Gasteiger partial charge < -0.3 is 9.47 Å². The van der Waals surface area contributed by atoms with Crippen LogP contribution in [0, 0.1) is 0 Å². The number of nitrogens with zero attached hydrogens (tertiary/aromatic N) is 2. The number of H-pyrrole nitrogens is 1. The molecule has 0 aliphatic heterocycles. The fourth-order valence-electron chi connectivity index (χ4n) is 1.53. The second-order valence-electron chi connectivity index (χ2n) is 3.98. The second-order valence-corrected chi connectivity index (χ2v) is 5.66. The molecule has 9 heteroatoms. The molecule has 2 aromatic rings. The number of hydrogen-bond donors (Lipinski definition) is 2. The molecule has 1 heterocycles. The van der Waals surface area contributed by atoms with Crippen LogP contribution in [0.5, 0.6) is 5.75 Å². The van der Waals surface area contributed by atoms with Crippen molar-refractivity contribution in [2.75, 3.05) is 24.5 Å². The van der Waals surface area contributed by atoms with E-state index in [-0.39, 0.29) is 10.7 Å². The summed E-state index contributed by atoms with van der Waals surface area (Å²) in [5.41, 5.74) is 0. The maximum atomic E-state index is 12.1. The highest BCUT2D eigenvalue weighted by atomic mass is 32.2. The molecule has 0 aliphatic rings. The summed E-state index contributed by atoms with van der Waals surface area (Å²) in [7, 11) is -3.68. The van der Waals surface area contributed by atoms with Crippen molar-refractivity contribution < 1.29 is 17.9 Å². The maximum absolute atomic E-state index is 12.1. The average molecular weight is 312 g/mol. The Morgan fingerprint density at radius 3 is 2.62 bits per heavy atom. The fourth-order valence-corrected chi connectivity index (χ4v) is 2.51. The molecule has 0 unspecified atom stereocenters. The van der Waals surface area contributed by atoms with E-state index in [0.29, 0.717) is 25.6 Å². The van der Waals surface area contributed by atoms with Gasteiger partial charge in [-0.2, -0.15) is 10.3 Å². The van der Waals surface area contributed by atoms with Gasteiger partial charge in [0.25, 0.3) is 10.0 Å². The Balaban J connectivity index is 1.97. The molecule has 2 N–H and O–H groups in total. The number of anilines is 1. The van der Waals surface area contributed by atoms with Gasteiger partial charge in [-0.05, 0) is 31.2 Å². The predicted octanol–water partition coefficient (Wildman–Crippen LogP) is 1.02. The van der Waals surface area contributed by atoms with Crippen LogP contribution in [0.2, 0.25) is 0 Å². The van der Waals surface area contributed by atoms with Crippen molar-refractivity contribution >= 4 is 15.8 Å². The molecular weight excluding hydrogens is 296 g/mol. The van der Waals surface area contributed by atoms with Crippen molar-refractivity contribution in [3.63, 3.8) is 0 Å². The molecule has 0 saturated heterocycles. The Bertz CT molecular complexity index is 640. The summed E-state index contributed by atoms with van der Waals surface area (Å²) in [5.74, 6) is 0.710. The molecule has 21 heavy (non-hydrogen) atoms. The molecule has 8 nitrogen and oxygen atoms in total. The summed E-state index contributed by atoms with van der Waals surface area (Å²) in [5, 5.41) is 9.49. The van der Waals surface area contributed by atoms with Gasteiger partial charge >= 0.3 is 0 Å². The van der Waals surface area contributed by atoms with E-state index in [4.69, 9.17) is 9.47 Å². The van der Waals surface area contributed by atoms with Crippen LogP contribution in [-0.2, 0) is 14.8 Å². The number of rotatable bonds is 8. The zero-order chi connectivity index (χ0) is 15.1. The van der Waals surface area contributed by atoms with Gasteiger partial charge in [-0.25, -0.2) is 8.42 Å². The maximum Gasteiger partial charge on any atom is 0.263 e. The second kappa shape index (κ2) is 7.04. The monoisotopic (exact) mass is 312 g/mol. The first-order chi connectivity index (χ1) is 10.1. The number of ether oxygens (including phenoxy) is 2. The topological polar surface area (TPSA) is 106 Å². The number of sulfonamides is 1. The first-order valence-corrected chi connectivity index (χ1v) is 7.79. The van der Waals surface area contributed by atoms with Crippen molar-refractivity contribution in [2.24, 2.45) is 0 Å². The lowest BCUT2D eigenvalue weighted by Crippen LogP contribution is -2.13. The minimum atomic E-state index is -3.68. The Kier molecular flexibility index (Phi) is 5.12. The normalized spacial score (nSPS) is 11.3. The molecule has 1 aromatic carbocycles.